The molecule has 41 heavy (non-hydrogen) atoms. The molecule has 0 aliphatic carbocycles. The molecule has 2 heterocycles. The minimum Gasteiger partial charge on any atom is -0.494 e. The molecule has 3 aromatic carbocycles. The normalized spacial score (nSPS) is 19.0. The Balaban J connectivity index is 1.25. The van der Waals surface area contributed by atoms with E-state index in [1.54, 1.807) is 29.3 Å². The van der Waals surface area contributed by atoms with Crippen LogP contribution in [0.3, 0.4) is 0 Å². The lowest BCUT2D eigenvalue weighted by Gasteiger charge is -2.34. The summed E-state index contributed by atoms with van der Waals surface area (Å²) in [4.78, 5) is 13.7. The van der Waals surface area contributed by atoms with Gasteiger partial charge in [-0.15, -0.1) is 0 Å². The standard InChI is InChI=1S/C32H33FN4O4/c1-3-40-27-12-13-28(33)30(18-27)36-16-14-26(15-17-36)41-25-10-8-24(9-11-25)37-29(19-31(38)39)21(2)32(35-37)23-6-4-22(20-34)5-7-23/h4-13,18,21,26,29H,3,14-17,19H2,1-2H3,(H,38,39)/t21-,29-/m0/s1. The van der Waals surface area contributed by atoms with Crippen molar-refractivity contribution in [1.82, 2.24) is 0 Å². The molecule has 1 N–H and O–H groups in total. The third kappa shape index (κ3) is 6.27. The molecule has 1 fully saturated rings. The molecule has 0 aromatic heterocycles. The number of hydrazone groups is 1. The van der Waals surface area contributed by atoms with E-state index in [1.165, 1.54) is 6.07 Å². The highest BCUT2D eigenvalue weighted by molar-refractivity contribution is 6.05. The van der Waals surface area contributed by atoms with Gasteiger partial charge in [0.2, 0.25) is 0 Å². The van der Waals surface area contributed by atoms with Gasteiger partial charge in [0.05, 0.1) is 47.8 Å². The second-order valence-electron chi connectivity index (χ2n) is 10.3. The van der Waals surface area contributed by atoms with Crippen LogP contribution in [0.15, 0.2) is 71.8 Å². The van der Waals surface area contributed by atoms with Gasteiger partial charge in [0.15, 0.2) is 0 Å². The second-order valence-corrected chi connectivity index (χ2v) is 10.3. The van der Waals surface area contributed by atoms with Crippen molar-refractivity contribution < 1.29 is 23.8 Å². The van der Waals surface area contributed by atoms with Crippen LogP contribution in [0.5, 0.6) is 11.5 Å². The maximum Gasteiger partial charge on any atom is 0.305 e. The van der Waals surface area contributed by atoms with Crippen molar-refractivity contribution >= 4 is 23.1 Å². The van der Waals surface area contributed by atoms with Gasteiger partial charge in [-0.25, -0.2) is 4.39 Å². The number of carbonyl (C=O) groups is 1. The van der Waals surface area contributed by atoms with Crippen molar-refractivity contribution in [3.63, 3.8) is 0 Å². The maximum absolute atomic E-state index is 14.5. The SMILES string of the molecule is CCOc1ccc(F)c(N2CCC(Oc3ccc(N4N=C(c5ccc(C#N)cc5)[C@@H](C)[C@@H]4CC(=O)O)cc3)CC2)c1. The molecule has 3 aromatic rings. The lowest BCUT2D eigenvalue weighted by atomic mass is 9.90. The third-order valence-corrected chi connectivity index (χ3v) is 7.65. The summed E-state index contributed by atoms with van der Waals surface area (Å²) < 4.78 is 26.3. The van der Waals surface area contributed by atoms with Crippen LogP contribution < -0.4 is 19.4 Å². The Labute approximate surface area is 239 Å². The van der Waals surface area contributed by atoms with Gasteiger partial charge in [0.25, 0.3) is 0 Å². The van der Waals surface area contributed by atoms with E-state index >= 15 is 0 Å². The van der Waals surface area contributed by atoms with E-state index in [2.05, 4.69) is 6.07 Å². The summed E-state index contributed by atoms with van der Waals surface area (Å²) in [5.41, 5.74) is 3.54. The molecule has 2 aliphatic rings. The fraction of sp³-hybridized carbons (Fsp3) is 0.344. The fourth-order valence-electron chi connectivity index (χ4n) is 5.48. The van der Waals surface area contributed by atoms with Crippen molar-refractivity contribution in [2.75, 3.05) is 29.6 Å². The Bertz CT molecular complexity index is 1440. The fourth-order valence-corrected chi connectivity index (χ4v) is 5.48. The Kier molecular flexibility index (Phi) is 8.39. The number of anilines is 2. The average Bonchev–Trinajstić information content (AvgIpc) is 3.30. The molecule has 5 rings (SSSR count). The Hall–Kier alpha value is -4.58. The number of ether oxygens (including phenoxy) is 2. The molecule has 2 atom stereocenters. The van der Waals surface area contributed by atoms with Gasteiger partial charge in [-0.2, -0.15) is 10.4 Å². The Morgan fingerprint density at radius 1 is 1.07 bits per heavy atom. The largest absolute Gasteiger partial charge is 0.494 e. The van der Waals surface area contributed by atoms with Crippen molar-refractivity contribution in [2.24, 2.45) is 11.0 Å². The summed E-state index contributed by atoms with van der Waals surface area (Å²) in [6.07, 6.45) is 1.45. The van der Waals surface area contributed by atoms with Gasteiger partial charge < -0.3 is 19.5 Å². The number of benzene rings is 3. The first-order chi connectivity index (χ1) is 19.9. The average molecular weight is 557 g/mol. The van der Waals surface area contributed by atoms with Gasteiger partial charge in [0.1, 0.15) is 23.4 Å². The van der Waals surface area contributed by atoms with Crippen LogP contribution in [0.1, 0.15) is 44.2 Å². The van der Waals surface area contributed by atoms with Gasteiger partial charge >= 0.3 is 5.97 Å². The summed E-state index contributed by atoms with van der Waals surface area (Å²) in [6.45, 7) is 5.75. The van der Waals surface area contributed by atoms with Crippen LogP contribution >= 0.6 is 0 Å². The topological polar surface area (TPSA) is 98.4 Å². The summed E-state index contributed by atoms with van der Waals surface area (Å²) in [7, 11) is 0. The zero-order valence-corrected chi connectivity index (χ0v) is 23.2. The van der Waals surface area contributed by atoms with E-state index in [0.29, 0.717) is 36.7 Å². The highest BCUT2D eigenvalue weighted by Crippen LogP contribution is 2.34. The van der Waals surface area contributed by atoms with Crippen LogP contribution in [0.2, 0.25) is 0 Å². The van der Waals surface area contributed by atoms with E-state index < -0.39 is 5.97 Å². The summed E-state index contributed by atoms with van der Waals surface area (Å²) in [5, 5.41) is 25.3. The Morgan fingerprint density at radius 2 is 1.76 bits per heavy atom. The summed E-state index contributed by atoms with van der Waals surface area (Å²) in [5.74, 6) is 0.104. The number of rotatable bonds is 9. The number of aliphatic carboxylic acids is 1. The lowest BCUT2D eigenvalue weighted by Crippen LogP contribution is -2.38. The quantitative estimate of drug-likeness (QED) is 0.353. The molecule has 8 nitrogen and oxygen atoms in total. The number of nitriles is 1. The molecular formula is C32H33FN4O4. The van der Waals surface area contributed by atoms with Crippen molar-refractivity contribution in [3.8, 4) is 17.6 Å². The molecule has 0 amide bonds. The van der Waals surface area contributed by atoms with Gasteiger partial charge in [-0.05, 0) is 61.0 Å². The molecule has 0 radical (unpaired) electrons. The first kappa shape index (κ1) is 28.0. The number of piperidine rings is 1. The number of hydrogen-bond donors (Lipinski definition) is 1. The van der Waals surface area contributed by atoms with E-state index in [4.69, 9.17) is 19.8 Å². The van der Waals surface area contributed by atoms with Crippen molar-refractivity contribution in [1.29, 1.82) is 5.26 Å². The van der Waals surface area contributed by atoms with Gasteiger partial charge in [-0.3, -0.25) is 9.80 Å². The van der Waals surface area contributed by atoms with Crippen LogP contribution in [-0.2, 0) is 4.79 Å². The van der Waals surface area contributed by atoms with Crippen molar-refractivity contribution in [3.05, 3.63) is 83.7 Å². The molecule has 1 saturated heterocycles. The number of halogens is 1. The minimum absolute atomic E-state index is 0.00260. The predicted molar refractivity (Wildman–Crippen MR) is 155 cm³/mol. The Morgan fingerprint density at radius 3 is 2.39 bits per heavy atom. The lowest BCUT2D eigenvalue weighted by molar-refractivity contribution is -0.137. The first-order valence-electron chi connectivity index (χ1n) is 13.9. The van der Waals surface area contributed by atoms with Crippen LogP contribution in [0, 0.1) is 23.1 Å². The molecule has 0 spiro atoms. The molecule has 9 heteroatoms. The highest BCUT2D eigenvalue weighted by Gasteiger charge is 2.37. The third-order valence-electron chi connectivity index (χ3n) is 7.65. The zero-order chi connectivity index (χ0) is 28.9. The number of nitrogens with zero attached hydrogens (tertiary/aromatic N) is 4. The second kappa shape index (κ2) is 12.3. The number of carboxylic acids is 1. The van der Waals surface area contributed by atoms with Crippen molar-refractivity contribution in [2.45, 2.75) is 45.3 Å². The van der Waals surface area contributed by atoms with Crippen LogP contribution in [0.25, 0.3) is 0 Å². The molecular weight excluding hydrogens is 523 g/mol. The van der Waals surface area contributed by atoms with Gasteiger partial charge in [-0.1, -0.05) is 19.1 Å². The molecule has 2 aliphatic heterocycles. The van der Waals surface area contributed by atoms with E-state index in [0.717, 1.165) is 35.6 Å². The van der Waals surface area contributed by atoms with Crippen LogP contribution in [-0.4, -0.2) is 48.6 Å². The zero-order valence-electron chi connectivity index (χ0n) is 23.2. The molecule has 0 saturated carbocycles. The highest BCUT2D eigenvalue weighted by atomic mass is 19.1. The minimum atomic E-state index is -0.890. The van der Waals surface area contributed by atoms with Gasteiger partial charge in [0, 0.05) is 37.9 Å². The van der Waals surface area contributed by atoms with E-state index in [1.807, 2.05) is 55.1 Å². The summed E-state index contributed by atoms with van der Waals surface area (Å²) in [6, 6.07) is 21.3. The molecule has 0 bridgehead atoms. The number of carboxylic acid groups (broad SMARTS) is 1. The van der Waals surface area contributed by atoms with Crippen LogP contribution in [0.4, 0.5) is 15.8 Å². The maximum atomic E-state index is 14.5. The monoisotopic (exact) mass is 556 g/mol. The predicted octanol–water partition coefficient (Wildman–Crippen LogP) is 5.85. The van der Waals surface area contributed by atoms with E-state index in [-0.39, 0.29) is 30.3 Å². The number of hydrogen-bond acceptors (Lipinski definition) is 7. The molecule has 0 unspecified atom stereocenters. The smallest absolute Gasteiger partial charge is 0.305 e. The first-order valence-corrected chi connectivity index (χ1v) is 13.9. The molecule has 212 valence electrons. The summed E-state index contributed by atoms with van der Waals surface area (Å²) >= 11 is 0. The van der Waals surface area contributed by atoms with E-state index in [9.17, 15) is 14.3 Å².